The topological polar surface area (TPSA) is 29.1 Å². The lowest BCUT2D eigenvalue weighted by atomic mass is 10.1. The summed E-state index contributed by atoms with van der Waals surface area (Å²) in [5, 5.41) is 2.86. The number of halogens is 1. The minimum Gasteiger partial charge on any atom is -0.354 e. The largest absolute Gasteiger partial charge is 0.354 e. The Kier molecular flexibility index (Phi) is 6.95. The molecule has 0 rings (SSSR count). The van der Waals surface area contributed by atoms with Gasteiger partial charge in [-0.1, -0.05) is 29.8 Å². The second-order valence-electron chi connectivity index (χ2n) is 3.00. The molecule has 0 saturated heterocycles. The van der Waals surface area contributed by atoms with Gasteiger partial charge in [0.2, 0.25) is 5.91 Å². The molecule has 12 heavy (non-hydrogen) atoms. The molecule has 4 heteroatoms. The Bertz CT molecular complexity index is 141. The Hall–Kier alpha value is 0.300. The highest BCUT2D eigenvalue weighted by Gasteiger charge is 2.09. The molecule has 0 aromatic heterocycles. The number of amides is 1. The van der Waals surface area contributed by atoms with E-state index in [1.807, 2.05) is 6.26 Å². The lowest BCUT2D eigenvalue weighted by Crippen LogP contribution is -2.32. The average molecular weight is 254 g/mol. The van der Waals surface area contributed by atoms with Crippen molar-refractivity contribution in [3.05, 3.63) is 0 Å². The number of carbonyl (C=O) groups is 1. The fourth-order valence-electron chi connectivity index (χ4n) is 0.629. The molecule has 0 aliphatic rings. The normalized spacial score (nSPS) is 13.1. The highest BCUT2D eigenvalue weighted by atomic mass is 79.9. The van der Waals surface area contributed by atoms with Gasteiger partial charge in [0.25, 0.3) is 0 Å². The van der Waals surface area contributed by atoms with Gasteiger partial charge in [0.05, 0.1) is 5.75 Å². The molecule has 72 valence electrons. The van der Waals surface area contributed by atoms with Crippen molar-refractivity contribution >= 4 is 33.6 Å². The van der Waals surface area contributed by atoms with E-state index >= 15 is 0 Å². The van der Waals surface area contributed by atoms with Gasteiger partial charge in [0.15, 0.2) is 0 Å². The summed E-state index contributed by atoms with van der Waals surface area (Å²) in [5.74, 6) is 1.23. The number of alkyl halides is 1. The highest BCUT2D eigenvalue weighted by molar-refractivity contribution is 9.09. The van der Waals surface area contributed by atoms with Crippen molar-refractivity contribution in [1.29, 1.82) is 0 Å². The van der Waals surface area contributed by atoms with Crippen molar-refractivity contribution in [3.63, 3.8) is 0 Å². The number of carbonyl (C=O) groups excluding carboxylic acids is 1. The lowest BCUT2D eigenvalue weighted by Gasteiger charge is -2.13. The number of thioether (sulfide) groups is 1. The van der Waals surface area contributed by atoms with Crippen molar-refractivity contribution in [2.45, 2.75) is 18.7 Å². The molecule has 0 heterocycles. The molecular weight excluding hydrogens is 238 g/mol. The monoisotopic (exact) mass is 253 g/mol. The van der Waals surface area contributed by atoms with E-state index in [9.17, 15) is 4.79 Å². The molecule has 1 unspecified atom stereocenters. The third-order valence-electron chi connectivity index (χ3n) is 1.49. The zero-order valence-electron chi connectivity index (χ0n) is 7.76. The molecule has 0 radical (unpaired) electrons. The molecule has 0 aliphatic heterocycles. The molecule has 0 bridgehead atoms. The van der Waals surface area contributed by atoms with Gasteiger partial charge in [-0.25, -0.2) is 0 Å². The molecule has 0 saturated carbocycles. The molecule has 2 nitrogen and oxygen atoms in total. The smallest absolute Gasteiger partial charge is 0.230 e. The van der Waals surface area contributed by atoms with E-state index in [0.717, 1.165) is 6.54 Å². The second-order valence-corrected chi connectivity index (χ2v) is 5.04. The molecule has 0 fully saturated rings. The van der Waals surface area contributed by atoms with Crippen LogP contribution in [0.25, 0.3) is 0 Å². The van der Waals surface area contributed by atoms with Crippen LogP contribution in [0.4, 0.5) is 0 Å². The van der Waals surface area contributed by atoms with E-state index in [4.69, 9.17) is 0 Å². The highest BCUT2D eigenvalue weighted by Crippen LogP contribution is 2.10. The maximum atomic E-state index is 11.0. The molecule has 1 atom stereocenters. The molecule has 0 aromatic carbocycles. The van der Waals surface area contributed by atoms with Crippen molar-refractivity contribution in [3.8, 4) is 0 Å². The Morgan fingerprint density at radius 2 is 2.17 bits per heavy atom. The van der Waals surface area contributed by atoms with Gasteiger partial charge in [-0.2, -0.15) is 11.8 Å². The van der Waals surface area contributed by atoms with E-state index in [1.165, 1.54) is 0 Å². The second kappa shape index (κ2) is 6.78. The molecular formula is C8H16BrNOS. The Labute approximate surface area is 87.0 Å². The van der Waals surface area contributed by atoms with E-state index < -0.39 is 0 Å². The number of nitrogens with one attached hydrogen (secondary N) is 1. The zero-order chi connectivity index (χ0) is 9.56. The van der Waals surface area contributed by atoms with Crippen molar-refractivity contribution < 1.29 is 4.79 Å². The first kappa shape index (κ1) is 12.3. The SMILES string of the molecule is CSCC(=O)NCC(Br)C(C)C. The predicted molar refractivity (Wildman–Crippen MR) is 58.9 cm³/mol. The van der Waals surface area contributed by atoms with Crippen LogP contribution in [0.3, 0.4) is 0 Å². The van der Waals surface area contributed by atoms with Crippen LogP contribution in [0.15, 0.2) is 0 Å². The zero-order valence-corrected chi connectivity index (χ0v) is 10.2. The van der Waals surface area contributed by atoms with Crippen molar-refractivity contribution in [2.75, 3.05) is 18.6 Å². The van der Waals surface area contributed by atoms with Crippen molar-refractivity contribution in [1.82, 2.24) is 5.32 Å². The Balaban J connectivity index is 3.47. The first-order chi connectivity index (χ1) is 5.57. The van der Waals surface area contributed by atoms with E-state index in [2.05, 4.69) is 35.1 Å². The number of rotatable bonds is 5. The maximum absolute atomic E-state index is 11.0. The fraction of sp³-hybridized carbons (Fsp3) is 0.875. The first-order valence-electron chi connectivity index (χ1n) is 3.97. The third kappa shape index (κ3) is 5.89. The van der Waals surface area contributed by atoms with E-state index in [-0.39, 0.29) is 5.91 Å². The van der Waals surface area contributed by atoms with Gasteiger partial charge in [-0.15, -0.1) is 0 Å². The Morgan fingerprint density at radius 3 is 2.58 bits per heavy atom. The molecule has 1 N–H and O–H groups in total. The van der Waals surface area contributed by atoms with Crippen LogP contribution in [0.5, 0.6) is 0 Å². The minimum absolute atomic E-state index is 0.118. The van der Waals surface area contributed by atoms with Gasteiger partial charge >= 0.3 is 0 Å². The molecule has 0 spiro atoms. The predicted octanol–water partition coefficient (Wildman–Crippen LogP) is 1.89. The third-order valence-corrected chi connectivity index (χ3v) is 3.42. The summed E-state index contributed by atoms with van der Waals surface area (Å²) in [6.45, 7) is 4.97. The quantitative estimate of drug-likeness (QED) is 0.759. The molecule has 0 aliphatic carbocycles. The summed E-state index contributed by atoms with van der Waals surface area (Å²) in [6.07, 6.45) is 1.92. The Morgan fingerprint density at radius 1 is 1.58 bits per heavy atom. The van der Waals surface area contributed by atoms with Gasteiger partial charge in [-0.05, 0) is 12.2 Å². The summed E-state index contributed by atoms with van der Waals surface area (Å²) in [4.78, 5) is 11.4. The van der Waals surface area contributed by atoms with E-state index in [1.54, 1.807) is 11.8 Å². The summed E-state index contributed by atoms with van der Waals surface area (Å²) < 4.78 is 0. The van der Waals surface area contributed by atoms with Gasteiger partial charge in [-0.3, -0.25) is 4.79 Å². The maximum Gasteiger partial charge on any atom is 0.230 e. The summed E-state index contributed by atoms with van der Waals surface area (Å²) >= 11 is 5.04. The van der Waals surface area contributed by atoms with Crippen LogP contribution in [0.1, 0.15) is 13.8 Å². The van der Waals surface area contributed by atoms with Crippen LogP contribution in [-0.4, -0.2) is 29.3 Å². The van der Waals surface area contributed by atoms with Crippen molar-refractivity contribution in [2.24, 2.45) is 5.92 Å². The van der Waals surface area contributed by atoms with Crippen LogP contribution < -0.4 is 5.32 Å². The van der Waals surface area contributed by atoms with Crippen LogP contribution in [-0.2, 0) is 4.79 Å². The summed E-state index contributed by atoms with van der Waals surface area (Å²) in [7, 11) is 0. The standard InChI is InChI=1S/C8H16BrNOS/c1-6(2)7(9)4-10-8(11)5-12-3/h6-7H,4-5H2,1-3H3,(H,10,11). The van der Waals surface area contributed by atoms with Gasteiger partial charge < -0.3 is 5.32 Å². The lowest BCUT2D eigenvalue weighted by molar-refractivity contribution is -0.118. The molecule has 0 aromatic rings. The van der Waals surface area contributed by atoms with Gasteiger partial charge in [0.1, 0.15) is 0 Å². The number of hydrogen-bond donors (Lipinski definition) is 1. The summed E-state index contributed by atoms with van der Waals surface area (Å²) in [6, 6.07) is 0. The van der Waals surface area contributed by atoms with Crippen LogP contribution in [0, 0.1) is 5.92 Å². The minimum atomic E-state index is 0.118. The number of hydrogen-bond acceptors (Lipinski definition) is 2. The first-order valence-corrected chi connectivity index (χ1v) is 6.28. The summed E-state index contributed by atoms with van der Waals surface area (Å²) in [5.41, 5.74) is 0. The van der Waals surface area contributed by atoms with E-state index in [0.29, 0.717) is 16.5 Å². The average Bonchev–Trinajstić information content (AvgIpc) is 2.00. The molecule has 1 amide bonds. The van der Waals surface area contributed by atoms with Crippen LogP contribution >= 0.6 is 27.7 Å². The fourth-order valence-corrected chi connectivity index (χ4v) is 1.16. The van der Waals surface area contributed by atoms with Gasteiger partial charge in [0, 0.05) is 11.4 Å². The van der Waals surface area contributed by atoms with Crippen LogP contribution in [0.2, 0.25) is 0 Å².